The van der Waals surface area contributed by atoms with Gasteiger partial charge in [0.05, 0.1) is 36.9 Å². The Hall–Kier alpha value is -4.00. The Kier molecular flexibility index (Phi) is 11.9. The molecule has 1 saturated heterocycles. The molecule has 0 radical (unpaired) electrons. The van der Waals surface area contributed by atoms with Crippen LogP contribution < -0.4 is 25.0 Å². The lowest BCUT2D eigenvalue weighted by atomic mass is 10.0. The zero-order valence-corrected chi connectivity index (χ0v) is 27.4. The van der Waals surface area contributed by atoms with Crippen molar-refractivity contribution in [2.45, 2.75) is 25.7 Å². The number of unbranched alkanes of at least 4 members (excludes halogenated alkanes) is 2. The second-order valence-corrected chi connectivity index (χ2v) is 11.7. The van der Waals surface area contributed by atoms with Crippen LogP contribution in [0.2, 0.25) is 10.3 Å². The number of benzene rings is 2. The Morgan fingerprint density at radius 2 is 1.80 bits per heavy atom. The number of amides is 2. The van der Waals surface area contributed by atoms with E-state index < -0.39 is 6.09 Å². The first kappa shape index (κ1) is 33.9. The molecule has 1 aliphatic rings. The summed E-state index contributed by atoms with van der Waals surface area (Å²) in [4.78, 5) is 38.5. The molecular formula is C31H39Cl2N7O5. The number of halogens is 2. The lowest BCUT2D eigenvalue weighted by Gasteiger charge is -2.35. The molecule has 242 valence electrons. The number of aromatic nitrogens is 2. The second-order valence-electron chi connectivity index (χ2n) is 10.9. The third-order valence-corrected chi connectivity index (χ3v) is 7.90. The number of likely N-dealkylation sites (N-methyl/N-ethyl adjacent to an activating group) is 1. The highest BCUT2D eigenvalue weighted by atomic mass is 35.5. The van der Waals surface area contributed by atoms with Crippen LogP contribution in [0.5, 0.6) is 11.5 Å². The van der Waals surface area contributed by atoms with E-state index in [2.05, 4.69) is 37.4 Å². The predicted molar refractivity (Wildman–Crippen MR) is 177 cm³/mol. The topological polar surface area (TPSA) is 132 Å². The van der Waals surface area contributed by atoms with Gasteiger partial charge in [-0.15, -0.1) is 0 Å². The number of carbonyl (C=O) groups is 2. The molecule has 0 atom stereocenters. The van der Waals surface area contributed by atoms with E-state index >= 15 is 0 Å². The highest BCUT2D eigenvalue weighted by Gasteiger charge is 2.21. The molecule has 0 spiro atoms. The van der Waals surface area contributed by atoms with Crippen LogP contribution in [0.4, 0.5) is 27.7 Å². The average molecular weight is 661 g/mol. The number of rotatable bonds is 13. The molecule has 0 saturated carbocycles. The fourth-order valence-corrected chi connectivity index (χ4v) is 5.29. The number of nitrogens with zero attached hydrogens (tertiary/aromatic N) is 5. The summed E-state index contributed by atoms with van der Waals surface area (Å²) < 4.78 is 11.5. The molecule has 1 aliphatic heterocycles. The van der Waals surface area contributed by atoms with Gasteiger partial charge in [0.15, 0.2) is 5.82 Å². The van der Waals surface area contributed by atoms with E-state index in [-0.39, 0.29) is 22.0 Å². The lowest BCUT2D eigenvalue weighted by molar-refractivity contribution is 0.0828. The van der Waals surface area contributed by atoms with Crippen molar-refractivity contribution in [3.05, 3.63) is 58.0 Å². The van der Waals surface area contributed by atoms with Crippen LogP contribution in [0.1, 0.15) is 35.2 Å². The summed E-state index contributed by atoms with van der Waals surface area (Å²) in [6.45, 7) is 4.15. The summed E-state index contributed by atoms with van der Waals surface area (Å²) in [6, 6.07) is 9.04. The van der Waals surface area contributed by atoms with Crippen LogP contribution in [-0.2, 0) is 6.42 Å². The third-order valence-electron chi connectivity index (χ3n) is 7.44. The number of methoxy groups -OCH3 is 1. The third kappa shape index (κ3) is 9.25. The van der Waals surface area contributed by atoms with Crippen molar-refractivity contribution in [3.63, 3.8) is 0 Å². The van der Waals surface area contributed by atoms with Crippen molar-refractivity contribution in [2.75, 3.05) is 76.6 Å². The number of carbonyl (C=O) groups excluding carboxylic acids is 1. The Balaban J connectivity index is 1.39. The fraction of sp³-hybridized carbons (Fsp3) is 0.419. The van der Waals surface area contributed by atoms with E-state index in [0.29, 0.717) is 35.0 Å². The monoisotopic (exact) mass is 659 g/mol. The molecule has 0 aliphatic carbocycles. The van der Waals surface area contributed by atoms with Gasteiger partial charge in [-0.2, -0.15) is 4.98 Å². The molecule has 4 rings (SSSR count). The summed E-state index contributed by atoms with van der Waals surface area (Å²) in [6.07, 6.45) is 3.61. The summed E-state index contributed by atoms with van der Waals surface area (Å²) in [5.74, 6) is 1.14. The van der Waals surface area contributed by atoms with Gasteiger partial charge in [0.1, 0.15) is 16.5 Å². The molecule has 1 aromatic heterocycles. The summed E-state index contributed by atoms with van der Waals surface area (Å²) in [7, 11) is 7.00. The first-order chi connectivity index (χ1) is 21.5. The number of carboxylic acid groups (broad SMARTS) is 1. The van der Waals surface area contributed by atoms with Crippen LogP contribution in [0.25, 0.3) is 0 Å². The van der Waals surface area contributed by atoms with Crippen molar-refractivity contribution in [2.24, 2.45) is 0 Å². The minimum atomic E-state index is -1.13. The number of anilines is 4. The second kappa shape index (κ2) is 15.8. The minimum absolute atomic E-state index is 0.0299. The van der Waals surface area contributed by atoms with Crippen molar-refractivity contribution in [1.29, 1.82) is 0 Å². The van der Waals surface area contributed by atoms with Crippen molar-refractivity contribution in [3.8, 4) is 11.5 Å². The highest BCUT2D eigenvalue weighted by molar-refractivity contribution is 6.33. The summed E-state index contributed by atoms with van der Waals surface area (Å²) >= 11 is 12.1. The zero-order chi connectivity index (χ0) is 32.5. The maximum Gasteiger partial charge on any atom is 0.409 e. The van der Waals surface area contributed by atoms with Gasteiger partial charge < -0.3 is 34.6 Å². The maximum absolute atomic E-state index is 13.0. The van der Waals surface area contributed by atoms with Crippen LogP contribution in [0.3, 0.4) is 0 Å². The van der Waals surface area contributed by atoms with Crippen LogP contribution in [0.15, 0.2) is 36.5 Å². The molecular weight excluding hydrogens is 621 g/mol. The molecule has 14 heteroatoms. The van der Waals surface area contributed by atoms with Crippen molar-refractivity contribution >= 4 is 58.1 Å². The molecule has 12 nitrogen and oxygen atoms in total. The SMILES string of the molecule is COc1cc(N2CCN(C)CC2)c(CCCCCOc2ccc(Nc3nc(Cl)ncc3Cl)c(C(=O)N(C)C)c2)cc1NC(=O)O. The maximum atomic E-state index is 13.0. The molecule has 3 N–H and O–H groups in total. The van der Waals surface area contributed by atoms with Crippen LogP contribution in [0, 0.1) is 0 Å². The van der Waals surface area contributed by atoms with Crippen LogP contribution >= 0.6 is 23.2 Å². The van der Waals surface area contributed by atoms with Gasteiger partial charge in [0.2, 0.25) is 5.28 Å². The Morgan fingerprint density at radius 3 is 2.49 bits per heavy atom. The van der Waals surface area contributed by atoms with Crippen molar-refractivity contribution in [1.82, 2.24) is 19.8 Å². The van der Waals surface area contributed by atoms with Gasteiger partial charge >= 0.3 is 6.09 Å². The van der Waals surface area contributed by atoms with E-state index in [1.165, 1.54) is 11.1 Å². The Morgan fingerprint density at radius 1 is 1.04 bits per heavy atom. The zero-order valence-electron chi connectivity index (χ0n) is 25.9. The van der Waals surface area contributed by atoms with Crippen molar-refractivity contribution < 1.29 is 24.2 Å². The average Bonchev–Trinajstić information content (AvgIpc) is 3.01. The van der Waals surface area contributed by atoms with Gasteiger partial charge in [0, 0.05) is 52.0 Å². The quantitative estimate of drug-likeness (QED) is 0.151. The van der Waals surface area contributed by atoms with Gasteiger partial charge in [-0.25, -0.2) is 9.78 Å². The Bertz CT molecular complexity index is 1500. The predicted octanol–water partition coefficient (Wildman–Crippen LogP) is 5.87. The van der Waals surface area contributed by atoms with Gasteiger partial charge in [-0.05, 0) is 74.2 Å². The molecule has 45 heavy (non-hydrogen) atoms. The molecule has 2 heterocycles. The minimum Gasteiger partial charge on any atom is -0.494 e. The van der Waals surface area contributed by atoms with E-state index in [0.717, 1.165) is 63.1 Å². The van der Waals surface area contributed by atoms with E-state index in [9.17, 15) is 14.7 Å². The smallest absolute Gasteiger partial charge is 0.409 e. The highest BCUT2D eigenvalue weighted by Crippen LogP contribution is 2.35. The van der Waals surface area contributed by atoms with Gasteiger partial charge in [0.25, 0.3) is 5.91 Å². The standard InChI is InChI=1S/C31H39Cl2N7O5/c1-38(2)29(41)22-17-21(9-10-24(22)35-28-23(32)19-34-30(33)37-28)45-15-7-5-6-8-20-16-25(36-31(42)43)27(44-4)18-26(20)40-13-11-39(3)12-14-40/h9-10,16-19,36H,5-8,11-15H2,1-4H3,(H,42,43)(H,34,35,37). The van der Waals surface area contributed by atoms with E-state index in [1.807, 2.05) is 12.1 Å². The largest absolute Gasteiger partial charge is 0.494 e. The molecule has 0 bridgehead atoms. The van der Waals surface area contributed by atoms with E-state index in [1.54, 1.807) is 39.4 Å². The summed E-state index contributed by atoms with van der Waals surface area (Å²) in [5.41, 5.74) is 3.48. The normalized spacial score (nSPS) is 13.3. The van der Waals surface area contributed by atoms with Crippen LogP contribution in [-0.4, -0.2) is 97.9 Å². The number of nitrogens with one attached hydrogen (secondary N) is 2. The van der Waals surface area contributed by atoms with Gasteiger partial charge in [-0.1, -0.05) is 11.6 Å². The van der Waals surface area contributed by atoms with Gasteiger partial charge in [-0.3, -0.25) is 10.1 Å². The molecule has 2 aromatic carbocycles. The first-order valence-corrected chi connectivity index (χ1v) is 15.4. The number of hydrogen-bond donors (Lipinski definition) is 3. The first-order valence-electron chi connectivity index (χ1n) is 14.6. The fourth-order valence-electron chi connectivity index (χ4n) is 5.02. The molecule has 1 fully saturated rings. The molecule has 3 aromatic rings. The number of hydrogen-bond acceptors (Lipinski definition) is 9. The summed E-state index contributed by atoms with van der Waals surface area (Å²) in [5, 5.41) is 15.2. The molecule has 2 amide bonds. The number of piperazine rings is 1. The molecule has 0 unspecified atom stereocenters. The lowest BCUT2D eigenvalue weighted by Crippen LogP contribution is -2.44. The number of aryl methyl sites for hydroxylation is 1. The Labute approximate surface area is 273 Å². The van der Waals surface area contributed by atoms with E-state index in [4.69, 9.17) is 32.7 Å². The number of ether oxygens (including phenoxy) is 2.